The van der Waals surface area contributed by atoms with Gasteiger partial charge in [-0.25, -0.2) is 0 Å². The zero-order chi connectivity index (χ0) is 41.3. The molecule has 2 nitrogen and oxygen atoms in total. The number of hydrogen-bond donors (Lipinski definition) is 0. The predicted octanol–water partition coefficient (Wildman–Crippen LogP) is 17.4. The van der Waals surface area contributed by atoms with E-state index in [1.807, 2.05) is 0 Å². The lowest BCUT2D eigenvalue weighted by Crippen LogP contribution is -2.10. The van der Waals surface area contributed by atoms with E-state index in [0.717, 1.165) is 17.7 Å². The molecular formula is C59H59NO. The smallest absolute Gasteiger partial charge is 0.159 e. The fourth-order valence-corrected chi connectivity index (χ4v) is 11.1. The second-order valence-electron chi connectivity index (χ2n) is 18.0. The van der Waals surface area contributed by atoms with Crippen LogP contribution in [-0.2, 0) is 6.42 Å². The summed E-state index contributed by atoms with van der Waals surface area (Å²) >= 11 is 0. The van der Waals surface area contributed by atoms with Crippen molar-refractivity contribution in [1.82, 2.24) is 4.57 Å². The Morgan fingerprint density at radius 2 is 1.07 bits per heavy atom. The number of nitrogens with zero attached hydrogens (tertiary/aromatic N) is 1. The maximum Gasteiger partial charge on any atom is 0.159 e. The van der Waals surface area contributed by atoms with Crippen LogP contribution in [0.2, 0.25) is 0 Å². The summed E-state index contributed by atoms with van der Waals surface area (Å²) in [6.07, 6.45) is 15.3. The molecule has 0 unspecified atom stereocenters. The second-order valence-corrected chi connectivity index (χ2v) is 18.0. The first-order valence-electron chi connectivity index (χ1n) is 23.3. The Kier molecular flexibility index (Phi) is 11.1. The number of furan rings is 1. The average Bonchev–Trinajstić information content (AvgIpc) is 3.87. The van der Waals surface area contributed by atoms with Gasteiger partial charge in [0.15, 0.2) is 5.58 Å². The minimum atomic E-state index is 0.522. The third-order valence-electron chi connectivity index (χ3n) is 14.1. The van der Waals surface area contributed by atoms with E-state index in [-0.39, 0.29) is 0 Å². The summed E-state index contributed by atoms with van der Waals surface area (Å²) in [4.78, 5) is 0. The van der Waals surface area contributed by atoms with E-state index in [2.05, 4.69) is 171 Å². The monoisotopic (exact) mass is 797 g/mol. The van der Waals surface area contributed by atoms with E-state index >= 15 is 0 Å². The molecule has 2 heterocycles. The van der Waals surface area contributed by atoms with Gasteiger partial charge in [-0.15, -0.1) is 0 Å². The molecule has 2 aromatic heterocycles. The molecule has 9 aromatic rings. The molecule has 306 valence electrons. The molecule has 2 fully saturated rings. The van der Waals surface area contributed by atoms with Crippen LogP contribution in [0.5, 0.6) is 0 Å². The molecule has 2 saturated carbocycles. The van der Waals surface area contributed by atoms with E-state index in [1.165, 1.54) is 159 Å². The lowest BCUT2D eigenvalue weighted by Gasteiger charge is -2.28. The number of rotatable bonds is 7. The maximum absolute atomic E-state index is 7.44. The van der Waals surface area contributed by atoms with E-state index in [0.29, 0.717) is 11.8 Å². The van der Waals surface area contributed by atoms with Crippen molar-refractivity contribution in [1.29, 1.82) is 0 Å². The van der Waals surface area contributed by atoms with Gasteiger partial charge in [-0.1, -0.05) is 173 Å². The van der Waals surface area contributed by atoms with Gasteiger partial charge in [-0.3, -0.25) is 0 Å². The van der Waals surface area contributed by atoms with E-state index in [9.17, 15) is 0 Å². The Morgan fingerprint density at radius 1 is 0.508 bits per heavy atom. The summed E-state index contributed by atoms with van der Waals surface area (Å²) in [6, 6.07) is 53.7. The Bertz CT molecular complexity index is 2880. The number of hydrogen-bond acceptors (Lipinski definition) is 1. The molecule has 0 atom stereocenters. The number of benzene rings is 7. The molecule has 2 heteroatoms. The summed E-state index contributed by atoms with van der Waals surface area (Å²) < 4.78 is 9.89. The van der Waals surface area contributed by atoms with Gasteiger partial charge < -0.3 is 8.98 Å². The van der Waals surface area contributed by atoms with Crippen molar-refractivity contribution in [2.24, 2.45) is 0 Å². The van der Waals surface area contributed by atoms with E-state index in [1.54, 1.807) is 0 Å². The highest BCUT2D eigenvalue weighted by molar-refractivity contribution is 6.14. The summed E-state index contributed by atoms with van der Waals surface area (Å²) in [7, 11) is 0. The molecule has 0 spiro atoms. The number of fused-ring (bicyclic) bond motifs is 6. The first kappa shape index (κ1) is 39.3. The molecule has 61 heavy (non-hydrogen) atoms. The van der Waals surface area contributed by atoms with Crippen molar-refractivity contribution in [3.05, 3.63) is 173 Å². The number of aromatic nitrogens is 1. The van der Waals surface area contributed by atoms with Gasteiger partial charge in [-0.2, -0.15) is 0 Å². The standard InChI is InChI=1S/C45H45NO.C14H14/c1-2-15-30-16-13-21-33(28-30)38-29-37(31-17-5-3-6-18-31)43-36-24-14-27-41(44(36)47-45(43)42(38)32-19-7-4-8-20-32)46-39-25-11-9-22-34(39)35-23-10-12-26-40(35)46;1-11-7-3-5-9-13(11)14-10-6-4-8-12(14)2/h9-14,16,21-29,31-32H,2-8,15,17-20H2,1H3;3-10H,1-2H3. The molecule has 0 amide bonds. The van der Waals surface area contributed by atoms with Crippen LogP contribution in [0.1, 0.15) is 117 Å². The molecule has 2 aliphatic carbocycles. The lowest BCUT2D eigenvalue weighted by atomic mass is 9.76. The summed E-state index contributed by atoms with van der Waals surface area (Å²) in [5.41, 5.74) is 18.4. The molecular weight excluding hydrogens is 739 g/mol. The van der Waals surface area contributed by atoms with Crippen LogP contribution in [0, 0.1) is 13.8 Å². The molecule has 7 aromatic carbocycles. The van der Waals surface area contributed by atoms with Crippen LogP contribution >= 0.6 is 0 Å². The van der Waals surface area contributed by atoms with Crippen LogP contribution in [0.15, 0.2) is 150 Å². The van der Waals surface area contributed by atoms with Gasteiger partial charge in [0.05, 0.1) is 16.7 Å². The molecule has 0 N–H and O–H groups in total. The quantitative estimate of drug-likeness (QED) is 0.157. The zero-order valence-electron chi connectivity index (χ0n) is 36.4. The van der Waals surface area contributed by atoms with Gasteiger partial charge in [0.1, 0.15) is 5.58 Å². The summed E-state index contributed by atoms with van der Waals surface area (Å²) in [5.74, 6) is 1.09. The molecule has 0 radical (unpaired) electrons. The third kappa shape index (κ3) is 7.39. The topological polar surface area (TPSA) is 18.1 Å². The largest absolute Gasteiger partial charge is 0.454 e. The third-order valence-corrected chi connectivity index (χ3v) is 14.1. The minimum Gasteiger partial charge on any atom is -0.454 e. The van der Waals surface area contributed by atoms with Gasteiger partial charge in [-0.05, 0) is 127 Å². The number of para-hydroxylation sites is 3. The highest BCUT2D eigenvalue weighted by Gasteiger charge is 2.30. The zero-order valence-corrected chi connectivity index (χ0v) is 36.4. The van der Waals surface area contributed by atoms with Gasteiger partial charge in [0, 0.05) is 27.1 Å². The highest BCUT2D eigenvalue weighted by atomic mass is 16.3. The average molecular weight is 798 g/mol. The lowest BCUT2D eigenvalue weighted by molar-refractivity contribution is 0.440. The molecule has 11 rings (SSSR count). The Balaban J connectivity index is 0.000000270. The van der Waals surface area contributed by atoms with Crippen molar-refractivity contribution in [2.45, 2.75) is 110 Å². The van der Waals surface area contributed by atoms with Crippen LogP contribution in [0.4, 0.5) is 0 Å². The van der Waals surface area contributed by atoms with E-state index in [4.69, 9.17) is 4.42 Å². The van der Waals surface area contributed by atoms with Gasteiger partial charge in [0.2, 0.25) is 0 Å². The van der Waals surface area contributed by atoms with Crippen molar-refractivity contribution in [2.75, 3.05) is 0 Å². The summed E-state index contributed by atoms with van der Waals surface area (Å²) in [6.45, 7) is 6.60. The SMILES string of the molecule is CCCc1cccc(-c2cc(C3CCCCC3)c3c(oc4c(-n5c6ccccc6c6ccccc65)cccc43)c2C2CCCCC2)c1.Cc1ccccc1-c1ccccc1C. The fraction of sp³-hybridized carbons (Fsp3) is 0.288. The second kappa shape index (κ2) is 17.3. The molecule has 0 saturated heterocycles. The predicted molar refractivity (Wildman–Crippen MR) is 260 cm³/mol. The minimum absolute atomic E-state index is 0.522. The van der Waals surface area contributed by atoms with Crippen molar-refractivity contribution < 1.29 is 4.42 Å². The van der Waals surface area contributed by atoms with Crippen LogP contribution in [0.25, 0.3) is 71.7 Å². The molecule has 2 aliphatic rings. The first-order chi connectivity index (χ1) is 30.1. The van der Waals surface area contributed by atoms with Gasteiger partial charge in [0.25, 0.3) is 0 Å². The van der Waals surface area contributed by atoms with Crippen molar-refractivity contribution >= 4 is 43.7 Å². The Hall–Kier alpha value is -5.86. The van der Waals surface area contributed by atoms with Crippen LogP contribution < -0.4 is 0 Å². The van der Waals surface area contributed by atoms with Crippen LogP contribution in [0.3, 0.4) is 0 Å². The number of aryl methyl sites for hydroxylation is 3. The maximum atomic E-state index is 7.44. The van der Waals surface area contributed by atoms with Crippen molar-refractivity contribution in [3.8, 4) is 27.9 Å². The highest BCUT2D eigenvalue weighted by Crippen LogP contribution is 2.50. The van der Waals surface area contributed by atoms with Crippen molar-refractivity contribution in [3.63, 3.8) is 0 Å². The van der Waals surface area contributed by atoms with Crippen LogP contribution in [-0.4, -0.2) is 4.57 Å². The van der Waals surface area contributed by atoms with Gasteiger partial charge >= 0.3 is 0 Å². The summed E-state index contributed by atoms with van der Waals surface area (Å²) in [5, 5.41) is 5.25. The Labute approximate surface area is 362 Å². The van der Waals surface area contributed by atoms with E-state index < -0.39 is 0 Å². The normalized spacial score (nSPS) is 15.1. The first-order valence-corrected chi connectivity index (χ1v) is 23.3. The Morgan fingerprint density at radius 3 is 1.69 bits per heavy atom. The molecule has 0 bridgehead atoms. The fourth-order valence-electron chi connectivity index (χ4n) is 11.1. The molecule has 0 aliphatic heterocycles.